The molecular weight excluding hydrogens is 352 g/mol. The SMILES string of the molecule is C=CCN(Cc1ccc(C(=O)NC)cc1)S(=O)(=O)c1ccc(OC)cc1. The van der Waals surface area contributed by atoms with E-state index in [1.807, 2.05) is 0 Å². The molecule has 0 saturated carbocycles. The van der Waals surface area contributed by atoms with Crippen LogP contribution in [0.1, 0.15) is 15.9 Å². The summed E-state index contributed by atoms with van der Waals surface area (Å²) in [6.07, 6.45) is 1.54. The molecule has 138 valence electrons. The summed E-state index contributed by atoms with van der Waals surface area (Å²) < 4.78 is 32.2. The molecule has 0 spiro atoms. The summed E-state index contributed by atoms with van der Waals surface area (Å²) in [6, 6.07) is 13.1. The van der Waals surface area contributed by atoms with Gasteiger partial charge in [0.2, 0.25) is 10.0 Å². The third-order valence-corrected chi connectivity index (χ3v) is 5.66. The molecule has 0 radical (unpaired) electrons. The Balaban J connectivity index is 2.26. The van der Waals surface area contributed by atoms with Gasteiger partial charge in [-0.05, 0) is 42.0 Å². The molecule has 1 amide bonds. The van der Waals surface area contributed by atoms with Gasteiger partial charge in [0.25, 0.3) is 5.91 Å². The van der Waals surface area contributed by atoms with Gasteiger partial charge in [-0.25, -0.2) is 8.42 Å². The topological polar surface area (TPSA) is 75.7 Å². The zero-order valence-electron chi connectivity index (χ0n) is 14.8. The molecule has 2 rings (SSSR count). The van der Waals surface area contributed by atoms with E-state index in [4.69, 9.17) is 4.74 Å². The molecular formula is C19H22N2O4S. The molecule has 0 bridgehead atoms. The highest BCUT2D eigenvalue weighted by Crippen LogP contribution is 2.21. The third-order valence-electron chi connectivity index (χ3n) is 3.83. The Morgan fingerprint density at radius 1 is 1.15 bits per heavy atom. The molecule has 0 fully saturated rings. The number of ether oxygens (including phenoxy) is 1. The van der Waals surface area contributed by atoms with Crippen molar-refractivity contribution in [2.75, 3.05) is 20.7 Å². The Hall–Kier alpha value is -2.64. The van der Waals surface area contributed by atoms with Gasteiger partial charge in [0, 0.05) is 25.7 Å². The molecule has 6 nitrogen and oxygen atoms in total. The lowest BCUT2D eigenvalue weighted by Crippen LogP contribution is -2.30. The number of nitrogens with one attached hydrogen (secondary N) is 1. The van der Waals surface area contributed by atoms with Crippen LogP contribution in [0.3, 0.4) is 0 Å². The molecule has 0 atom stereocenters. The van der Waals surface area contributed by atoms with E-state index in [2.05, 4.69) is 11.9 Å². The number of carbonyl (C=O) groups is 1. The van der Waals surface area contributed by atoms with Crippen LogP contribution in [0, 0.1) is 0 Å². The van der Waals surface area contributed by atoms with Gasteiger partial charge in [-0.2, -0.15) is 4.31 Å². The first-order valence-corrected chi connectivity index (χ1v) is 9.42. The fourth-order valence-corrected chi connectivity index (χ4v) is 3.80. The number of hydrogen-bond donors (Lipinski definition) is 1. The molecule has 0 saturated heterocycles. The summed E-state index contributed by atoms with van der Waals surface area (Å²) in [5.41, 5.74) is 1.29. The molecule has 26 heavy (non-hydrogen) atoms. The van der Waals surface area contributed by atoms with Crippen LogP contribution >= 0.6 is 0 Å². The Kier molecular flexibility index (Phi) is 6.54. The quantitative estimate of drug-likeness (QED) is 0.720. The van der Waals surface area contributed by atoms with Gasteiger partial charge >= 0.3 is 0 Å². The first-order chi connectivity index (χ1) is 12.4. The Morgan fingerprint density at radius 3 is 2.27 bits per heavy atom. The largest absolute Gasteiger partial charge is 0.497 e. The van der Waals surface area contributed by atoms with E-state index in [1.54, 1.807) is 49.5 Å². The Labute approximate surface area is 154 Å². The number of methoxy groups -OCH3 is 1. The second kappa shape index (κ2) is 8.64. The summed E-state index contributed by atoms with van der Waals surface area (Å²) in [4.78, 5) is 11.8. The van der Waals surface area contributed by atoms with Crippen molar-refractivity contribution in [3.05, 3.63) is 72.3 Å². The van der Waals surface area contributed by atoms with Crippen LogP contribution < -0.4 is 10.1 Å². The number of carbonyl (C=O) groups excluding carboxylic acids is 1. The Bertz CT molecular complexity index is 859. The minimum Gasteiger partial charge on any atom is -0.497 e. The third kappa shape index (κ3) is 4.50. The van der Waals surface area contributed by atoms with Gasteiger partial charge in [-0.3, -0.25) is 4.79 Å². The number of hydrogen-bond acceptors (Lipinski definition) is 4. The van der Waals surface area contributed by atoms with Crippen molar-refractivity contribution in [1.82, 2.24) is 9.62 Å². The van der Waals surface area contributed by atoms with E-state index in [0.717, 1.165) is 5.56 Å². The average molecular weight is 374 g/mol. The van der Waals surface area contributed by atoms with E-state index >= 15 is 0 Å². The second-order valence-corrected chi connectivity index (χ2v) is 7.48. The van der Waals surface area contributed by atoms with E-state index in [1.165, 1.54) is 23.5 Å². The van der Waals surface area contributed by atoms with Crippen molar-refractivity contribution < 1.29 is 17.9 Å². The van der Waals surface area contributed by atoms with E-state index in [9.17, 15) is 13.2 Å². The fourth-order valence-electron chi connectivity index (χ4n) is 2.40. The zero-order chi connectivity index (χ0) is 19.2. The van der Waals surface area contributed by atoms with Gasteiger partial charge in [0.15, 0.2) is 0 Å². The average Bonchev–Trinajstić information content (AvgIpc) is 2.67. The van der Waals surface area contributed by atoms with Gasteiger partial charge in [0.1, 0.15) is 5.75 Å². The number of rotatable bonds is 8. The number of amides is 1. The monoisotopic (exact) mass is 374 g/mol. The smallest absolute Gasteiger partial charge is 0.251 e. The normalized spacial score (nSPS) is 11.2. The van der Waals surface area contributed by atoms with Crippen LogP contribution in [0.4, 0.5) is 0 Å². The molecule has 1 N–H and O–H groups in total. The molecule has 2 aromatic rings. The van der Waals surface area contributed by atoms with E-state index in [0.29, 0.717) is 11.3 Å². The van der Waals surface area contributed by atoms with Crippen LogP contribution in [0.25, 0.3) is 0 Å². The van der Waals surface area contributed by atoms with Crippen LogP contribution in [0.15, 0.2) is 66.1 Å². The molecule has 0 aromatic heterocycles. The number of nitrogens with zero attached hydrogens (tertiary/aromatic N) is 1. The predicted octanol–water partition coefficient (Wildman–Crippen LogP) is 2.43. The maximum absolute atomic E-state index is 12.9. The van der Waals surface area contributed by atoms with Crippen LogP contribution in [0.2, 0.25) is 0 Å². The standard InChI is InChI=1S/C19H22N2O4S/c1-4-13-21(14-15-5-7-16(8-6-15)19(22)20-2)26(23,24)18-11-9-17(25-3)10-12-18/h4-12H,1,13-14H2,2-3H3,(H,20,22). The van der Waals surface area contributed by atoms with Crippen molar-refractivity contribution >= 4 is 15.9 Å². The van der Waals surface area contributed by atoms with Crippen molar-refractivity contribution in [2.45, 2.75) is 11.4 Å². The lowest BCUT2D eigenvalue weighted by atomic mass is 10.1. The molecule has 0 aliphatic rings. The molecule has 0 aliphatic heterocycles. The zero-order valence-corrected chi connectivity index (χ0v) is 15.6. The molecule has 2 aromatic carbocycles. The number of sulfonamides is 1. The first kappa shape index (κ1) is 19.7. The lowest BCUT2D eigenvalue weighted by Gasteiger charge is -2.21. The van der Waals surface area contributed by atoms with Crippen LogP contribution in [0.5, 0.6) is 5.75 Å². The maximum atomic E-state index is 12.9. The van der Waals surface area contributed by atoms with E-state index < -0.39 is 10.0 Å². The van der Waals surface area contributed by atoms with Crippen molar-refractivity contribution in [3.63, 3.8) is 0 Å². The minimum atomic E-state index is -3.69. The highest BCUT2D eigenvalue weighted by atomic mass is 32.2. The van der Waals surface area contributed by atoms with Crippen molar-refractivity contribution in [2.24, 2.45) is 0 Å². The van der Waals surface area contributed by atoms with Crippen molar-refractivity contribution in [1.29, 1.82) is 0 Å². The summed E-state index contributed by atoms with van der Waals surface area (Å²) in [6.45, 7) is 3.99. The molecule has 7 heteroatoms. The van der Waals surface area contributed by atoms with E-state index in [-0.39, 0.29) is 23.9 Å². The summed E-state index contributed by atoms with van der Waals surface area (Å²) in [5.74, 6) is 0.398. The summed E-state index contributed by atoms with van der Waals surface area (Å²) in [5, 5.41) is 2.55. The second-order valence-electron chi connectivity index (χ2n) is 5.54. The van der Waals surface area contributed by atoms with Crippen LogP contribution in [-0.4, -0.2) is 39.3 Å². The predicted molar refractivity (Wildman–Crippen MR) is 101 cm³/mol. The van der Waals surface area contributed by atoms with Crippen molar-refractivity contribution in [3.8, 4) is 5.75 Å². The van der Waals surface area contributed by atoms with Gasteiger partial charge in [0.05, 0.1) is 12.0 Å². The summed E-state index contributed by atoms with van der Waals surface area (Å²) in [7, 11) is -0.607. The highest BCUT2D eigenvalue weighted by molar-refractivity contribution is 7.89. The van der Waals surface area contributed by atoms with Crippen LogP contribution in [-0.2, 0) is 16.6 Å². The van der Waals surface area contributed by atoms with Gasteiger partial charge in [-0.15, -0.1) is 6.58 Å². The Morgan fingerprint density at radius 2 is 1.77 bits per heavy atom. The van der Waals surface area contributed by atoms with Gasteiger partial charge in [-0.1, -0.05) is 18.2 Å². The molecule has 0 heterocycles. The lowest BCUT2D eigenvalue weighted by molar-refractivity contribution is 0.0963. The molecule has 0 unspecified atom stereocenters. The van der Waals surface area contributed by atoms with Gasteiger partial charge < -0.3 is 10.1 Å². The summed E-state index contributed by atoms with van der Waals surface area (Å²) >= 11 is 0. The fraction of sp³-hybridized carbons (Fsp3) is 0.211. The molecule has 0 aliphatic carbocycles. The first-order valence-electron chi connectivity index (χ1n) is 7.98. The highest BCUT2D eigenvalue weighted by Gasteiger charge is 2.23. The number of benzene rings is 2. The maximum Gasteiger partial charge on any atom is 0.251 e. The minimum absolute atomic E-state index is 0.172.